The Labute approximate surface area is 101 Å². The predicted molar refractivity (Wildman–Crippen MR) is 56.9 cm³/mol. The monoisotopic (exact) mass is 259 g/mol. The van der Waals surface area contributed by atoms with Gasteiger partial charge in [0.1, 0.15) is 11.6 Å². The maximum absolute atomic E-state index is 13.3. The third-order valence-corrected chi connectivity index (χ3v) is 2.13. The molecule has 0 bridgehead atoms. The van der Waals surface area contributed by atoms with Crippen LogP contribution in [0.25, 0.3) is 0 Å². The van der Waals surface area contributed by atoms with E-state index in [1.807, 2.05) is 0 Å². The van der Waals surface area contributed by atoms with Gasteiger partial charge in [-0.2, -0.15) is 0 Å². The van der Waals surface area contributed by atoms with Crippen molar-refractivity contribution in [1.29, 1.82) is 0 Å². The van der Waals surface area contributed by atoms with Crippen LogP contribution in [0.15, 0.2) is 18.2 Å². The predicted octanol–water partition coefficient (Wildman–Crippen LogP) is 0.936. The molecule has 0 spiro atoms. The Morgan fingerprint density at radius 3 is 2.11 bits per heavy atom. The molecule has 18 heavy (non-hydrogen) atoms. The molecule has 2 N–H and O–H groups in total. The van der Waals surface area contributed by atoms with Crippen molar-refractivity contribution in [3.63, 3.8) is 0 Å². The molecule has 0 atom stereocenters. The molecule has 1 rings (SSSR count). The lowest BCUT2D eigenvalue weighted by Crippen LogP contribution is -2.34. The molecule has 0 fully saturated rings. The summed E-state index contributed by atoms with van der Waals surface area (Å²) in [6, 6.07) is 2.84. The Bertz CT molecular complexity index is 448. The second kappa shape index (κ2) is 6.06. The van der Waals surface area contributed by atoms with Crippen LogP contribution in [0.3, 0.4) is 0 Å². The smallest absolute Gasteiger partial charge is 0.317 e. The van der Waals surface area contributed by atoms with Crippen LogP contribution in [0, 0.1) is 11.6 Å². The SMILES string of the molecule is O=C(O)CN(CC(=O)O)Cc1ccc(F)cc1F. The van der Waals surface area contributed by atoms with Crippen LogP contribution < -0.4 is 0 Å². The molecule has 0 heterocycles. The zero-order valence-electron chi connectivity index (χ0n) is 9.27. The topological polar surface area (TPSA) is 77.8 Å². The molecular formula is C11H11F2NO4. The number of hydrogen-bond acceptors (Lipinski definition) is 3. The van der Waals surface area contributed by atoms with Crippen molar-refractivity contribution in [3.8, 4) is 0 Å². The highest BCUT2D eigenvalue weighted by atomic mass is 19.1. The van der Waals surface area contributed by atoms with E-state index in [1.54, 1.807) is 0 Å². The Morgan fingerprint density at radius 2 is 1.67 bits per heavy atom. The van der Waals surface area contributed by atoms with Crippen LogP contribution in [0.2, 0.25) is 0 Å². The summed E-state index contributed by atoms with van der Waals surface area (Å²) in [4.78, 5) is 22.1. The third kappa shape index (κ3) is 4.46. The van der Waals surface area contributed by atoms with Crippen molar-refractivity contribution in [1.82, 2.24) is 4.90 Å². The Hall–Kier alpha value is -2.02. The van der Waals surface area contributed by atoms with E-state index >= 15 is 0 Å². The highest BCUT2D eigenvalue weighted by Gasteiger charge is 2.15. The molecule has 0 saturated heterocycles. The van der Waals surface area contributed by atoms with Gasteiger partial charge in [0, 0.05) is 18.2 Å². The van der Waals surface area contributed by atoms with Gasteiger partial charge in [-0.05, 0) is 6.07 Å². The van der Waals surface area contributed by atoms with E-state index in [0.717, 1.165) is 17.0 Å². The number of hydrogen-bond donors (Lipinski definition) is 2. The van der Waals surface area contributed by atoms with Gasteiger partial charge in [0.15, 0.2) is 0 Å². The minimum atomic E-state index is -1.22. The first kappa shape index (κ1) is 14.0. The van der Waals surface area contributed by atoms with E-state index in [9.17, 15) is 18.4 Å². The first-order valence-electron chi connectivity index (χ1n) is 4.98. The van der Waals surface area contributed by atoms with Gasteiger partial charge >= 0.3 is 11.9 Å². The van der Waals surface area contributed by atoms with Crippen LogP contribution in [0.5, 0.6) is 0 Å². The molecule has 0 aliphatic rings. The molecule has 1 aromatic carbocycles. The minimum absolute atomic E-state index is 0.0406. The molecule has 7 heteroatoms. The lowest BCUT2D eigenvalue weighted by Gasteiger charge is -2.18. The van der Waals surface area contributed by atoms with E-state index in [4.69, 9.17) is 10.2 Å². The van der Waals surface area contributed by atoms with Gasteiger partial charge in [-0.1, -0.05) is 6.07 Å². The summed E-state index contributed by atoms with van der Waals surface area (Å²) in [6.07, 6.45) is 0. The summed E-state index contributed by atoms with van der Waals surface area (Å²) in [7, 11) is 0. The average molecular weight is 259 g/mol. The van der Waals surface area contributed by atoms with Gasteiger partial charge in [0.25, 0.3) is 0 Å². The molecule has 0 aromatic heterocycles. The van der Waals surface area contributed by atoms with Crippen molar-refractivity contribution >= 4 is 11.9 Å². The van der Waals surface area contributed by atoms with Crippen molar-refractivity contribution in [2.24, 2.45) is 0 Å². The number of carboxylic acids is 2. The lowest BCUT2D eigenvalue weighted by molar-refractivity contribution is -0.142. The van der Waals surface area contributed by atoms with Crippen molar-refractivity contribution < 1.29 is 28.6 Å². The fraction of sp³-hybridized carbons (Fsp3) is 0.273. The molecular weight excluding hydrogens is 248 g/mol. The van der Waals surface area contributed by atoms with Crippen LogP contribution in [0.4, 0.5) is 8.78 Å². The fourth-order valence-corrected chi connectivity index (χ4v) is 1.44. The zero-order valence-corrected chi connectivity index (χ0v) is 9.27. The van der Waals surface area contributed by atoms with E-state index in [2.05, 4.69) is 0 Å². The number of aliphatic carboxylic acids is 2. The van der Waals surface area contributed by atoms with Crippen LogP contribution in [0.1, 0.15) is 5.56 Å². The first-order chi connectivity index (χ1) is 8.38. The number of halogens is 2. The number of benzene rings is 1. The second-order valence-electron chi connectivity index (χ2n) is 3.67. The molecule has 0 amide bonds. The summed E-state index contributed by atoms with van der Waals surface area (Å²) < 4.78 is 26.0. The number of nitrogens with zero attached hydrogens (tertiary/aromatic N) is 1. The summed E-state index contributed by atoms with van der Waals surface area (Å²) in [5.74, 6) is -4.03. The fourth-order valence-electron chi connectivity index (χ4n) is 1.44. The summed E-state index contributed by atoms with van der Waals surface area (Å²) in [5, 5.41) is 17.2. The summed E-state index contributed by atoms with van der Waals surface area (Å²) in [5.41, 5.74) is 0.0406. The zero-order chi connectivity index (χ0) is 13.7. The molecule has 1 aromatic rings. The number of rotatable bonds is 6. The Balaban J connectivity index is 2.81. The average Bonchev–Trinajstić information content (AvgIpc) is 2.20. The van der Waals surface area contributed by atoms with Crippen molar-refractivity contribution in [2.75, 3.05) is 13.1 Å². The van der Waals surface area contributed by atoms with E-state index < -0.39 is 36.7 Å². The molecule has 98 valence electrons. The van der Waals surface area contributed by atoms with Crippen LogP contribution >= 0.6 is 0 Å². The normalized spacial score (nSPS) is 10.6. The van der Waals surface area contributed by atoms with Crippen LogP contribution in [-0.4, -0.2) is 40.1 Å². The standard InChI is InChI=1S/C11H11F2NO4/c12-8-2-1-7(9(13)3-8)4-14(5-10(15)16)6-11(17)18/h1-3H,4-6H2,(H,15,16)(H,17,18). The summed E-state index contributed by atoms with van der Waals surface area (Å²) in [6.45, 7) is -1.29. The maximum atomic E-state index is 13.3. The van der Waals surface area contributed by atoms with Crippen molar-refractivity contribution in [2.45, 2.75) is 6.54 Å². The largest absolute Gasteiger partial charge is 0.480 e. The van der Waals surface area contributed by atoms with E-state index in [-0.39, 0.29) is 12.1 Å². The quantitative estimate of drug-likeness (QED) is 0.794. The highest BCUT2D eigenvalue weighted by molar-refractivity contribution is 5.72. The maximum Gasteiger partial charge on any atom is 0.317 e. The van der Waals surface area contributed by atoms with Gasteiger partial charge < -0.3 is 10.2 Å². The van der Waals surface area contributed by atoms with Crippen molar-refractivity contribution in [3.05, 3.63) is 35.4 Å². The Morgan fingerprint density at radius 1 is 1.11 bits per heavy atom. The third-order valence-electron chi connectivity index (χ3n) is 2.13. The van der Waals surface area contributed by atoms with E-state index in [0.29, 0.717) is 6.07 Å². The molecule has 0 unspecified atom stereocenters. The molecule has 0 saturated carbocycles. The molecule has 0 aliphatic carbocycles. The van der Waals surface area contributed by atoms with Gasteiger partial charge in [0.05, 0.1) is 13.1 Å². The number of carbonyl (C=O) groups is 2. The minimum Gasteiger partial charge on any atom is -0.480 e. The first-order valence-corrected chi connectivity index (χ1v) is 4.98. The van der Waals surface area contributed by atoms with Gasteiger partial charge in [-0.25, -0.2) is 8.78 Å². The highest BCUT2D eigenvalue weighted by Crippen LogP contribution is 2.12. The van der Waals surface area contributed by atoms with Gasteiger partial charge in [-0.15, -0.1) is 0 Å². The van der Waals surface area contributed by atoms with Gasteiger partial charge in [-0.3, -0.25) is 14.5 Å². The molecule has 5 nitrogen and oxygen atoms in total. The van der Waals surface area contributed by atoms with Crippen LogP contribution in [-0.2, 0) is 16.1 Å². The Kier molecular flexibility index (Phi) is 4.73. The van der Waals surface area contributed by atoms with E-state index in [1.165, 1.54) is 0 Å². The second-order valence-corrected chi connectivity index (χ2v) is 3.67. The molecule has 0 radical (unpaired) electrons. The summed E-state index contributed by atoms with van der Waals surface area (Å²) >= 11 is 0. The number of carboxylic acid groups (broad SMARTS) is 2. The molecule has 0 aliphatic heterocycles. The van der Waals surface area contributed by atoms with Gasteiger partial charge in [0.2, 0.25) is 0 Å². The lowest BCUT2D eigenvalue weighted by atomic mass is 10.2.